The van der Waals surface area contributed by atoms with Crippen LogP contribution >= 0.6 is 0 Å². The van der Waals surface area contributed by atoms with Crippen molar-refractivity contribution in [2.75, 3.05) is 34.4 Å². The second-order valence-corrected chi connectivity index (χ2v) is 6.17. The quantitative estimate of drug-likeness (QED) is 0.757. The molecule has 0 spiro atoms. The monoisotopic (exact) mass is 345 g/mol. The summed E-state index contributed by atoms with van der Waals surface area (Å²) in [7, 11) is 5.21. The highest BCUT2D eigenvalue weighted by atomic mass is 16.5. The minimum absolute atomic E-state index is 0.264. The Morgan fingerprint density at radius 2 is 1.80 bits per heavy atom. The zero-order valence-corrected chi connectivity index (χ0v) is 15.4. The Hall–Kier alpha value is -2.24. The lowest BCUT2D eigenvalue weighted by Gasteiger charge is -2.21. The number of aryl methyl sites for hydroxylation is 1. The molecule has 2 aromatic rings. The van der Waals surface area contributed by atoms with Crippen LogP contribution < -0.4 is 14.2 Å². The second-order valence-electron chi connectivity index (χ2n) is 6.17. The number of aliphatic hydroxyl groups is 1. The highest BCUT2D eigenvalue weighted by molar-refractivity contribution is 5.42. The van der Waals surface area contributed by atoms with Crippen LogP contribution in [0.5, 0.6) is 17.2 Å². The van der Waals surface area contributed by atoms with E-state index in [-0.39, 0.29) is 6.61 Å². The fourth-order valence-corrected chi connectivity index (χ4v) is 2.67. The first-order chi connectivity index (χ1) is 12.0. The van der Waals surface area contributed by atoms with E-state index in [1.165, 1.54) is 0 Å². The van der Waals surface area contributed by atoms with Gasteiger partial charge in [0.1, 0.15) is 18.5 Å². The largest absolute Gasteiger partial charge is 0.493 e. The summed E-state index contributed by atoms with van der Waals surface area (Å²) in [5.41, 5.74) is 2.23. The molecule has 0 amide bonds. The molecule has 5 heteroatoms. The predicted octanol–water partition coefficient (Wildman–Crippen LogP) is 2.88. The Kier molecular flexibility index (Phi) is 7.10. The molecule has 1 N–H and O–H groups in total. The summed E-state index contributed by atoms with van der Waals surface area (Å²) in [6, 6.07) is 13.6. The number of hydrogen-bond donors (Lipinski definition) is 1. The van der Waals surface area contributed by atoms with Crippen LogP contribution in [-0.4, -0.2) is 50.5 Å². The third-order valence-corrected chi connectivity index (χ3v) is 3.85. The number of likely N-dealkylation sites (N-methyl/N-ethyl adjacent to an activating group) is 1. The Morgan fingerprint density at radius 1 is 1.04 bits per heavy atom. The molecule has 2 aromatic carbocycles. The molecule has 136 valence electrons. The average Bonchev–Trinajstić information content (AvgIpc) is 2.59. The van der Waals surface area contributed by atoms with Crippen LogP contribution in [0, 0.1) is 6.92 Å². The molecule has 0 aliphatic rings. The highest BCUT2D eigenvalue weighted by Gasteiger charge is 2.11. The van der Waals surface area contributed by atoms with Gasteiger partial charge in [-0.1, -0.05) is 18.2 Å². The van der Waals surface area contributed by atoms with Crippen LogP contribution in [0.25, 0.3) is 0 Å². The lowest BCUT2D eigenvalue weighted by atomic mass is 10.2. The van der Waals surface area contributed by atoms with Gasteiger partial charge in [0.25, 0.3) is 0 Å². The molecular formula is C20H27NO4. The summed E-state index contributed by atoms with van der Waals surface area (Å²) in [6.07, 6.45) is -0.564. The summed E-state index contributed by atoms with van der Waals surface area (Å²) in [6.45, 7) is 3.49. The molecule has 0 fully saturated rings. The van der Waals surface area contributed by atoms with E-state index in [1.807, 2.05) is 61.3 Å². The molecule has 1 atom stereocenters. The maximum absolute atomic E-state index is 10.2. The molecule has 0 aromatic heterocycles. The van der Waals surface area contributed by atoms with Crippen LogP contribution in [0.2, 0.25) is 0 Å². The number of nitrogens with zero attached hydrogens (tertiary/aromatic N) is 1. The molecule has 25 heavy (non-hydrogen) atoms. The fraction of sp³-hybridized carbons (Fsp3) is 0.400. The number of aliphatic hydroxyl groups excluding tert-OH is 1. The van der Waals surface area contributed by atoms with Gasteiger partial charge in [-0.2, -0.15) is 0 Å². The second kappa shape index (κ2) is 9.30. The van der Waals surface area contributed by atoms with Crippen molar-refractivity contribution in [1.82, 2.24) is 4.90 Å². The molecule has 5 nitrogen and oxygen atoms in total. The van der Waals surface area contributed by atoms with Crippen molar-refractivity contribution in [3.8, 4) is 17.2 Å². The van der Waals surface area contributed by atoms with Crippen LogP contribution in [0.3, 0.4) is 0 Å². The highest BCUT2D eigenvalue weighted by Crippen LogP contribution is 2.27. The summed E-state index contributed by atoms with van der Waals surface area (Å²) in [5.74, 6) is 2.19. The zero-order valence-electron chi connectivity index (χ0n) is 15.4. The third-order valence-electron chi connectivity index (χ3n) is 3.85. The molecule has 0 bridgehead atoms. The van der Waals surface area contributed by atoms with Gasteiger partial charge < -0.3 is 19.3 Å². The SMILES string of the molecule is COc1ccc(CN(C)CC(O)COc2cccc(C)c2)cc1OC. The standard InChI is InChI=1S/C20H27NO4/c1-15-6-5-7-18(10-15)25-14-17(22)13-21(2)12-16-8-9-19(23-3)20(11-16)24-4/h5-11,17,22H,12-14H2,1-4H3. The Morgan fingerprint density at radius 3 is 2.48 bits per heavy atom. The van der Waals surface area contributed by atoms with Gasteiger partial charge in [-0.3, -0.25) is 4.90 Å². The zero-order chi connectivity index (χ0) is 18.2. The first-order valence-corrected chi connectivity index (χ1v) is 8.28. The molecule has 0 saturated heterocycles. The molecule has 0 radical (unpaired) electrons. The van der Waals surface area contributed by atoms with Gasteiger partial charge >= 0.3 is 0 Å². The van der Waals surface area contributed by atoms with Crippen LogP contribution in [0.15, 0.2) is 42.5 Å². The Bertz CT molecular complexity index is 674. The third kappa shape index (κ3) is 5.96. The van der Waals surface area contributed by atoms with Crippen molar-refractivity contribution >= 4 is 0 Å². The van der Waals surface area contributed by atoms with E-state index in [4.69, 9.17) is 14.2 Å². The van der Waals surface area contributed by atoms with Crippen molar-refractivity contribution < 1.29 is 19.3 Å². The van der Waals surface area contributed by atoms with E-state index in [0.717, 1.165) is 16.9 Å². The van der Waals surface area contributed by atoms with E-state index < -0.39 is 6.10 Å². The van der Waals surface area contributed by atoms with Crippen molar-refractivity contribution in [3.05, 3.63) is 53.6 Å². The average molecular weight is 345 g/mol. The summed E-state index contributed by atoms with van der Waals surface area (Å²) >= 11 is 0. The molecule has 1 unspecified atom stereocenters. The first-order valence-electron chi connectivity index (χ1n) is 8.28. The maximum Gasteiger partial charge on any atom is 0.161 e. The van der Waals surface area contributed by atoms with E-state index in [0.29, 0.717) is 24.6 Å². The first kappa shape index (κ1) is 19.1. The van der Waals surface area contributed by atoms with Crippen LogP contribution in [0.4, 0.5) is 0 Å². The smallest absolute Gasteiger partial charge is 0.161 e. The topological polar surface area (TPSA) is 51.2 Å². The van der Waals surface area contributed by atoms with Crippen molar-refractivity contribution in [2.24, 2.45) is 0 Å². The minimum atomic E-state index is -0.564. The maximum atomic E-state index is 10.2. The van der Waals surface area contributed by atoms with Crippen molar-refractivity contribution in [1.29, 1.82) is 0 Å². The van der Waals surface area contributed by atoms with E-state index >= 15 is 0 Å². The fourth-order valence-electron chi connectivity index (χ4n) is 2.67. The van der Waals surface area contributed by atoms with E-state index in [2.05, 4.69) is 0 Å². The van der Waals surface area contributed by atoms with Gasteiger partial charge in [-0.05, 0) is 49.4 Å². The minimum Gasteiger partial charge on any atom is -0.493 e. The molecule has 0 aliphatic heterocycles. The lowest BCUT2D eigenvalue weighted by molar-refractivity contribution is 0.0743. The van der Waals surface area contributed by atoms with E-state index in [9.17, 15) is 5.11 Å². The predicted molar refractivity (Wildman–Crippen MR) is 98.6 cm³/mol. The number of rotatable bonds is 9. The van der Waals surface area contributed by atoms with Crippen LogP contribution in [-0.2, 0) is 6.54 Å². The summed E-state index contributed by atoms with van der Waals surface area (Å²) < 4.78 is 16.2. The molecule has 0 heterocycles. The van der Waals surface area contributed by atoms with Gasteiger partial charge in [0.05, 0.1) is 14.2 Å². The number of ether oxygens (including phenoxy) is 3. The number of methoxy groups -OCH3 is 2. The van der Waals surface area contributed by atoms with Gasteiger partial charge in [-0.25, -0.2) is 0 Å². The molecule has 2 rings (SSSR count). The van der Waals surface area contributed by atoms with Gasteiger partial charge in [0.15, 0.2) is 11.5 Å². The van der Waals surface area contributed by atoms with Crippen molar-refractivity contribution in [3.63, 3.8) is 0 Å². The molecule has 0 saturated carbocycles. The number of benzene rings is 2. The van der Waals surface area contributed by atoms with Crippen molar-refractivity contribution in [2.45, 2.75) is 19.6 Å². The summed E-state index contributed by atoms with van der Waals surface area (Å²) in [5, 5.41) is 10.2. The normalized spacial score (nSPS) is 12.1. The molecular weight excluding hydrogens is 318 g/mol. The Balaban J connectivity index is 1.83. The van der Waals surface area contributed by atoms with Gasteiger partial charge in [-0.15, -0.1) is 0 Å². The lowest BCUT2D eigenvalue weighted by Crippen LogP contribution is -2.32. The van der Waals surface area contributed by atoms with Gasteiger partial charge in [0.2, 0.25) is 0 Å². The van der Waals surface area contributed by atoms with Crippen LogP contribution in [0.1, 0.15) is 11.1 Å². The summed E-state index contributed by atoms with van der Waals surface area (Å²) in [4.78, 5) is 2.05. The molecule has 0 aliphatic carbocycles. The van der Waals surface area contributed by atoms with E-state index in [1.54, 1.807) is 14.2 Å². The number of hydrogen-bond acceptors (Lipinski definition) is 5. The Labute approximate surface area is 149 Å². The van der Waals surface area contributed by atoms with Gasteiger partial charge in [0, 0.05) is 13.1 Å².